The minimum atomic E-state index is -0.429. The number of ether oxygens (including phenoxy) is 1. The zero-order valence-electron chi connectivity index (χ0n) is 11.5. The second kappa shape index (κ2) is 7.08. The van der Waals surface area contributed by atoms with Crippen LogP contribution in [0.5, 0.6) is 5.75 Å². The predicted octanol–water partition coefficient (Wildman–Crippen LogP) is 4.16. The summed E-state index contributed by atoms with van der Waals surface area (Å²) in [4.78, 5) is 10.1. The summed E-state index contributed by atoms with van der Waals surface area (Å²) in [6, 6.07) is 12.1. The highest BCUT2D eigenvalue weighted by Crippen LogP contribution is 2.20. The Bertz CT molecular complexity index is 629. The minimum Gasteiger partial charge on any atom is -0.492 e. The first-order valence-corrected chi connectivity index (χ1v) is 7.23. The molecule has 0 spiro atoms. The summed E-state index contributed by atoms with van der Waals surface area (Å²) in [5.74, 6) is 0.620. The van der Waals surface area contributed by atoms with Crippen LogP contribution in [-0.2, 0) is 0 Å². The second-order valence-corrected chi connectivity index (χ2v) is 5.34. The van der Waals surface area contributed by atoms with Crippen LogP contribution in [0.2, 0.25) is 0 Å². The number of benzene rings is 2. The van der Waals surface area contributed by atoms with Crippen molar-refractivity contribution in [1.29, 1.82) is 0 Å². The van der Waals surface area contributed by atoms with E-state index < -0.39 is 4.92 Å². The van der Waals surface area contributed by atoms with Crippen molar-refractivity contribution < 1.29 is 9.66 Å². The molecule has 1 N–H and O–H groups in total. The molecule has 110 valence electrons. The fraction of sp³-hybridized carbons (Fsp3) is 0.200. The average molecular weight is 351 g/mol. The molecule has 0 aliphatic rings. The highest BCUT2D eigenvalue weighted by atomic mass is 79.9. The van der Waals surface area contributed by atoms with E-state index in [-0.39, 0.29) is 5.69 Å². The van der Waals surface area contributed by atoms with Crippen LogP contribution in [0.4, 0.5) is 11.4 Å². The first kappa shape index (κ1) is 15.3. The van der Waals surface area contributed by atoms with Crippen molar-refractivity contribution in [1.82, 2.24) is 0 Å². The van der Waals surface area contributed by atoms with Gasteiger partial charge in [-0.1, -0.05) is 15.9 Å². The van der Waals surface area contributed by atoms with Gasteiger partial charge in [0.1, 0.15) is 12.4 Å². The van der Waals surface area contributed by atoms with E-state index in [1.165, 1.54) is 12.1 Å². The maximum absolute atomic E-state index is 10.5. The van der Waals surface area contributed by atoms with E-state index in [1.807, 2.05) is 19.1 Å². The van der Waals surface area contributed by atoms with Gasteiger partial charge in [0.15, 0.2) is 0 Å². The second-order valence-electron chi connectivity index (χ2n) is 4.49. The molecule has 6 heteroatoms. The van der Waals surface area contributed by atoms with Crippen molar-refractivity contribution in [3.8, 4) is 5.75 Å². The van der Waals surface area contributed by atoms with Crippen LogP contribution < -0.4 is 10.1 Å². The predicted molar refractivity (Wildman–Crippen MR) is 86.0 cm³/mol. The van der Waals surface area contributed by atoms with Crippen molar-refractivity contribution in [2.24, 2.45) is 0 Å². The van der Waals surface area contributed by atoms with E-state index in [9.17, 15) is 10.1 Å². The summed E-state index contributed by atoms with van der Waals surface area (Å²) in [6.07, 6.45) is 0. The van der Waals surface area contributed by atoms with E-state index in [1.54, 1.807) is 12.1 Å². The minimum absolute atomic E-state index is 0.0609. The number of nitro benzene ring substituents is 1. The van der Waals surface area contributed by atoms with Crippen LogP contribution >= 0.6 is 15.9 Å². The van der Waals surface area contributed by atoms with Gasteiger partial charge >= 0.3 is 0 Å². The number of halogens is 1. The van der Waals surface area contributed by atoms with E-state index >= 15 is 0 Å². The average Bonchev–Trinajstić information content (AvgIpc) is 2.47. The molecule has 0 saturated carbocycles. The molecule has 5 nitrogen and oxygen atoms in total. The largest absolute Gasteiger partial charge is 0.492 e. The van der Waals surface area contributed by atoms with Crippen LogP contribution in [0.25, 0.3) is 0 Å². The van der Waals surface area contributed by atoms with Gasteiger partial charge < -0.3 is 10.1 Å². The molecule has 0 unspecified atom stereocenters. The summed E-state index contributed by atoms with van der Waals surface area (Å²) in [5.41, 5.74) is 2.25. The Labute approximate surface area is 131 Å². The van der Waals surface area contributed by atoms with E-state index in [4.69, 9.17) is 4.74 Å². The van der Waals surface area contributed by atoms with E-state index in [0.29, 0.717) is 18.9 Å². The Morgan fingerprint density at radius 3 is 2.57 bits per heavy atom. The first-order chi connectivity index (χ1) is 10.1. The highest BCUT2D eigenvalue weighted by Gasteiger charge is 2.04. The van der Waals surface area contributed by atoms with Gasteiger partial charge in [0.25, 0.3) is 5.69 Å². The van der Waals surface area contributed by atoms with Crippen LogP contribution in [0.1, 0.15) is 5.56 Å². The van der Waals surface area contributed by atoms with Crippen LogP contribution in [-0.4, -0.2) is 18.1 Å². The fourth-order valence-electron chi connectivity index (χ4n) is 1.78. The molecule has 21 heavy (non-hydrogen) atoms. The zero-order valence-corrected chi connectivity index (χ0v) is 13.1. The number of hydrogen-bond acceptors (Lipinski definition) is 4. The molecule has 0 fully saturated rings. The van der Waals surface area contributed by atoms with E-state index in [2.05, 4.69) is 27.3 Å². The molecule has 0 aliphatic heterocycles. The highest BCUT2D eigenvalue weighted by molar-refractivity contribution is 9.10. The Kier molecular flexibility index (Phi) is 5.16. The number of nitro groups is 1. The van der Waals surface area contributed by atoms with Crippen molar-refractivity contribution >= 4 is 27.3 Å². The monoisotopic (exact) mass is 350 g/mol. The molecule has 0 amide bonds. The molecule has 2 aromatic carbocycles. The van der Waals surface area contributed by atoms with Crippen LogP contribution in [0.15, 0.2) is 46.9 Å². The molecular weight excluding hydrogens is 336 g/mol. The Hall–Kier alpha value is -2.08. The molecule has 0 bridgehead atoms. The fourth-order valence-corrected chi connectivity index (χ4v) is 2.03. The van der Waals surface area contributed by atoms with Gasteiger partial charge in [-0.2, -0.15) is 0 Å². The molecule has 0 radical (unpaired) electrons. The van der Waals surface area contributed by atoms with Gasteiger partial charge in [-0.05, 0) is 42.8 Å². The molecule has 0 aliphatic carbocycles. The lowest BCUT2D eigenvalue weighted by molar-refractivity contribution is -0.384. The topological polar surface area (TPSA) is 64.4 Å². The molecule has 2 aromatic rings. The maximum atomic E-state index is 10.5. The van der Waals surface area contributed by atoms with Crippen molar-refractivity contribution in [2.75, 3.05) is 18.5 Å². The third kappa shape index (κ3) is 4.46. The van der Waals surface area contributed by atoms with Gasteiger partial charge in [-0.25, -0.2) is 0 Å². The standard InChI is InChI=1S/C15H15BrN2O3/c1-11-10-12(2-7-15(11)16)17-8-9-21-14-5-3-13(4-6-14)18(19)20/h2-7,10,17H,8-9H2,1H3. The summed E-state index contributed by atoms with van der Waals surface area (Å²) < 4.78 is 6.60. The number of rotatable bonds is 6. The van der Waals surface area contributed by atoms with Gasteiger partial charge in [-0.3, -0.25) is 10.1 Å². The lowest BCUT2D eigenvalue weighted by Crippen LogP contribution is -2.11. The Morgan fingerprint density at radius 1 is 1.24 bits per heavy atom. The summed E-state index contributed by atoms with van der Waals surface area (Å²) in [6.45, 7) is 3.16. The van der Waals surface area contributed by atoms with Gasteiger partial charge in [0, 0.05) is 28.8 Å². The zero-order chi connectivity index (χ0) is 15.2. The quantitative estimate of drug-likeness (QED) is 0.482. The summed E-state index contributed by atoms with van der Waals surface area (Å²) in [5, 5.41) is 13.8. The molecule has 0 heterocycles. The molecule has 0 saturated heterocycles. The summed E-state index contributed by atoms with van der Waals surface area (Å²) >= 11 is 3.46. The number of nitrogens with zero attached hydrogens (tertiary/aromatic N) is 1. The summed E-state index contributed by atoms with van der Waals surface area (Å²) in [7, 11) is 0. The van der Waals surface area contributed by atoms with Crippen LogP contribution in [0.3, 0.4) is 0 Å². The Balaban J connectivity index is 1.79. The third-order valence-corrected chi connectivity index (χ3v) is 3.80. The smallest absolute Gasteiger partial charge is 0.269 e. The van der Waals surface area contributed by atoms with Crippen molar-refractivity contribution in [2.45, 2.75) is 6.92 Å². The maximum Gasteiger partial charge on any atom is 0.269 e. The molecule has 0 atom stereocenters. The van der Waals surface area contributed by atoms with E-state index in [0.717, 1.165) is 15.7 Å². The first-order valence-electron chi connectivity index (χ1n) is 6.43. The lowest BCUT2D eigenvalue weighted by atomic mass is 10.2. The van der Waals surface area contributed by atoms with Crippen LogP contribution in [0, 0.1) is 17.0 Å². The lowest BCUT2D eigenvalue weighted by Gasteiger charge is -2.09. The normalized spacial score (nSPS) is 10.2. The van der Waals surface area contributed by atoms with Gasteiger partial charge in [0.2, 0.25) is 0 Å². The third-order valence-electron chi connectivity index (χ3n) is 2.91. The van der Waals surface area contributed by atoms with Gasteiger partial charge in [0.05, 0.1) is 4.92 Å². The Morgan fingerprint density at radius 2 is 1.95 bits per heavy atom. The molecule has 0 aromatic heterocycles. The van der Waals surface area contributed by atoms with Crippen molar-refractivity contribution in [3.05, 3.63) is 62.6 Å². The van der Waals surface area contributed by atoms with Gasteiger partial charge in [-0.15, -0.1) is 0 Å². The number of non-ortho nitro benzene ring substituents is 1. The SMILES string of the molecule is Cc1cc(NCCOc2ccc([N+](=O)[O-])cc2)ccc1Br. The van der Waals surface area contributed by atoms with Crippen molar-refractivity contribution in [3.63, 3.8) is 0 Å². The number of hydrogen-bond donors (Lipinski definition) is 1. The molecule has 2 rings (SSSR count). The number of nitrogens with one attached hydrogen (secondary N) is 1. The number of anilines is 1. The number of aryl methyl sites for hydroxylation is 1. The molecular formula is C15H15BrN2O3.